The Bertz CT molecular complexity index is 1770. The van der Waals surface area contributed by atoms with Gasteiger partial charge in [-0.15, -0.1) is 0 Å². The van der Waals surface area contributed by atoms with Crippen LogP contribution in [0, 0.1) is 5.92 Å². The molecule has 0 spiro atoms. The third-order valence-corrected chi connectivity index (χ3v) is 7.95. The van der Waals surface area contributed by atoms with Crippen LogP contribution in [-0.4, -0.2) is 64.0 Å². The molecule has 0 unspecified atom stereocenters. The van der Waals surface area contributed by atoms with Gasteiger partial charge in [0.25, 0.3) is 0 Å². The van der Waals surface area contributed by atoms with Crippen LogP contribution in [0.15, 0.2) is 79.1 Å². The number of fused-ring (bicyclic) bond motifs is 1. The number of carbonyl (C=O) groups is 3. The highest BCUT2D eigenvalue weighted by Gasteiger charge is 2.34. The molecule has 2 aromatic carbocycles. The van der Waals surface area contributed by atoms with Crippen molar-refractivity contribution in [3.05, 3.63) is 90.3 Å². The van der Waals surface area contributed by atoms with Crippen LogP contribution < -0.4 is 15.0 Å². The molecule has 4 aromatic rings. The molecule has 270 valence electrons. The van der Waals surface area contributed by atoms with Crippen molar-refractivity contribution in [2.45, 2.75) is 78.7 Å². The Balaban J connectivity index is 1.13. The van der Waals surface area contributed by atoms with Crippen molar-refractivity contribution in [3.63, 3.8) is 0 Å². The second-order valence-corrected chi connectivity index (χ2v) is 14.5. The van der Waals surface area contributed by atoms with Gasteiger partial charge >= 0.3 is 18.3 Å². The summed E-state index contributed by atoms with van der Waals surface area (Å²) >= 11 is 0. The van der Waals surface area contributed by atoms with Gasteiger partial charge in [0.1, 0.15) is 17.8 Å². The van der Waals surface area contributed by atoms with E-state index >= 15 is 0 Å². The summed E-state index contributed by atoms with van der Waals surface area (Å²) in [6.45, 7) is 12.9. The standard InChI is InChI=1S/C39H47N5O7/c1-38(2,3)50-36(46)44(37(47)51-39(4,5)6)34-32-14-13-31(22-30(32)16-19-40-34)41-23-29-12-15-33(42-24-29)48-25-28-17-20-43(21-18-28)35(45)49-26-27-10-8-7-9-11-27/h7-16,19,22,24,28,41H,17-18,20-21,23,25-26H2,1-6H3. The number of rotatable bonds is 9. The van der Waals surface area contributed by atoms with Crippen molar-refractivity contribution in [2.75, 3.05) is 29.9 Å². The van der Waals surface area contributed by atoms with Crippen molar-refractivity contribution in [3.8, 4) is 5.88 Å². The molecule has 1 aliphatic rings. The monoisotopic (exact) mass is 697 g/mol. The molecule has 0 bridgehead atoms. The number of anilines is 2. The Kier molecular flexibility index (Phi) is 11.6. The molecule has 3 heterocycles. The molecule has 0 atom stereocenters. The molecular formula is C39H47N5O7. The molecule has 2 aromatic heterocycles. The van der Waals surface area contributed by atoms with E-state index in [-0.39, 0.29) is 18.5 Å². The molecule has 1 saturated heterocycles. The fraction of sp³-hybridized carbons (Fsp3) is 0.410. The summed E-state index contributed by atoms with van der Waals surface area (Å²) in [7, 11) is 0. The Hall–Kier alpha value is -5.39. The Morgan fingerprint density at radius 1 is 0.843 bits per heavy atom. The van der Waals surface area contributed by atoms with Crippen LogP contribution in [0.4, 0.5) is 25.9 Å². The first-order chi connectivity index (χ1) is 24.2. The number of nitrogens with zero attached hydrogens (tertiary/aromatic N) is 4. The summed E-state index contributed by atoms with van der Waals surface area (Å²) < 4.78 is 22.5. The molecule has 3 amide bonds. The first-order valence-corrected chi connectivity index (χ1v) is 17.2. The summed E-state index contributed by atoms with van der Waals surface area (Å²) in [4.78, 5) is 50.4. The fourth-order valence-electron chi connectivity index (χ4n) is 5.41. The van der Waals surface area contributed by atoms with Gasteiger partial charge in [0, 0.05) is 49.2 Å². The van der Waals surface area contributed by atoms with Gasteiger partial charge in [0.05, 0.1) is 6.61 Å². The number of hydrogen-bond acceptors (Lipinski definition) is 10. The summed E-state index contributed by atoms with van der Waals surface area (Å²) in [6.07, 6.45) is 2.96. The van der Waals surface area contributed by atoms with E-state index in [0.29, 0.717) is 43.4 Å². The summed E-state index contributed by atoms with van der Waals surface area (Å²) in [6, 6.07) is 20.9. The number of likely N-dealkylation sites (tertiary alicyclic amines) is 1. The zero-order valence-corrected chi connectivity index (χ0v) is 30.2. The number of amides is 3. The van der Waals surface area contributed by atoms with Gasteiger partial charge in [-0.2, -0.15) is 4.90 Å². The van der Waals surface area contributed by atoms with Gasteiger partial charge in [0.2, 0.25) is 5.88 Å². The van der Waals surface area contributed by atoms with E-state index in [0.717, 1.165) is 39.9 Å². The van der Waals surface area contributed by atoms with Crippen molar-refractivity contribution >= 4 is 40.6 Å². The molecule has 51 heavy (non-hydrogen) atoms. The minimum absolute atomic E-state index is 0.120. The largest absolute Gasteiger partial charge is 0.477 e. The van der Waals surface area contributed by atoms with Crippen LogP contribution in [0.2, 0.25) is 0 Å². The van der Waals surface area contributed by atoms with Crippen LogP contribution in [0.25, 0.3) is 10.8 Å². The Morgan fingerprint density at radius 2 is 1.53 bits per heavy atom. The Morgan fingerprint density at radius 3 is 2.16 bits per heavy atom. The average Bonchev–Trinajstić information content (AvgIpc) is 3.08. The predicted octanol–water partition coefficient (Wildman–Crippen LogP) is 8.35. The molecule has 5 rings (SSSR count). The number of pyridine rings is 2. The quantitative estimate of drug-likeness (QED) is 0.170. The molecule has 0 aliphatic carbocycles. The van der Waals surface area contributed by atoms with Gasteiger partial charge in [-0.05, 0) is 101 Å². The maximum Gasteiger partial charge on any atom is 0.425 e. The molecule has 0 radical (unpaired) electrons. The topological polar surface area (TPSA) is 132 Å². The van der Waals surface area contributed by atoms with Gasteiger partial charge in [-0.25, -0.2) is 24.4 Å². The molecule has 12 nitrogen and oxygen atoms in total. The lowest BCUT2D eigenvalue weighted by Gasteiger charge is -2.31. The number of ether oxygens (including phenoxy) is 4. The van der Waals surface area contributed by atoms with E-state index < -0.39 is 23.4 Å². The van der Waals surface area contributed by atoms with E-state index in [4.69, 9.17) is 18.9 Å². The van der Waals surface area contributed by atoms with Crippen molar-refractivity contribution in [2.24, 2.45) is 5.92 Å². The van der Waals surface area contributed by atoms with Crippen LogP contribution in [0.5, 0.6) is 5.88 Å². The molecule has 12 heteroatoms. The third kappa shape index (κ3) is 10.8. The van der Waals surface area contributed by atoms with E-state index in [2.05, 4.69) is 15.3 Å². The fourth-order valence-corrected chi connectivity index (χ4v) is 5.41. The second-order valence-electron chi connectivity index (χ2n) is 14.5. The molecule has 0 saturated carbocycles. The highest BCUT2D eigenvalue weighted by atomic mass is 16.6. The normalized spacial score (nSPS) is 13.7. The minimum Gasteiger partial charge on any atom is -0.477 e. The smallest absolute Gasteiger partial charge is 0.425 e. The highest BCUT2D eigenvalue weighted by molar-refractivity contribution is 6.14. The lowest BCUT2D eigenvalue weighted by Crippen LogP contribution is -2.44. The van der Waals surface area contributed by atoms with Crippen LogP contribution in [0.1, 0.15) is 65.5 Å². The minimum atomic E-state index is -0.874. The summed E-state index contributed by atoms with van der Waals surface area (Å²) in [5.74, 6) is 0.998. The van der Waals surface area contributed by atoms with Crippen LogP contribution in [0.3, 0.4) is 0 Å². The van der Waals surface area contributed by atoms with E-state index in [9.17, 15) is 14.4 Å². The number of piperidine rings is 1. The number of nitrogens with one attached hydrogen (secondary N) is 1. The van der Waals surface area contributed by atoms with E-state index in [1.807, 2.05) is 60.7 Å². The van der Waals surface area contributed by atoms with Crippen molar-refractivity contribution in [1.82, 2.24) is 14.9 Å². The second kappa shape index (κ2) is 16.1. The maximum atomic E-state index is 13.2. The van der Waals surface area contributed by atoms with Gasteiger partial charge < -0.3 is 29.2 Å². The third-order valence-electron chi connectivity index (χ3n) is 7.95. The number of hydrogen-bond donors (Lipinski definition) is 1. The number of aromatic nitrogens is 2. The molecule has 1 aliphatic heterocycles. The summed E-state index contributed by atoms with van der Waals surface area (Å²) in [5, 5.41) is 4.75. The zero-order valence-electron chi connectivity index (χ0n) is 30.2. The lowest BCUT2D eigenvalue weighted by atomic mass is 9.98. The maximum absolute atomic E-state index is 13.2. The van der Waals surface area contributed by atoms with Gasteiger partial charge in [-0.1, -0.05) is 36.4 Å². The molecule has 1 fully saturated rings. The first kappa shape index (κ1) is 36.9. The van der Waals surface area contributed by atoms with Crippen molar-refractivity contribution < 1.29 is 33.3 Å². The SMILES string of the molecule is CC(C)(C)OC(=O)N(C(=O)OC(C)(C)C)c1nccc2cc(NCc3ccc(OCC4CCN(C(=O)OCc5ccccc5)CC4)nc3)ccc12. The first-order valence-electron chi connectivity index (χ1n) is 17.2. The van der Waals surface area contributed by atoms with E-state index in [1.54, 1.807) is 58.7 Å². The number of imide groups is 1. The number of carbonyl (C=O) groups excluding carboxylic acids is 3. The van der Waals surface area contributed by atoms with Crippen LogP contribution >= 0.6 is 0 Å². The van der Waals surface area contributed by atoms with E-state index in [1.165, 1.54) is 6.20 Å². The average molecular weight is 698 g/mol. The summed E-state index contributed by atoms with van der Waals surface area (Å²) in [5.41, 5.74) is 1.09. The van der Waals surface area contributed by atoms with Gasteiger partial charge in [-0.3, -0.25) is 0 Å². The molecular weight excluding hydrogens is 650 g/mol. The predicted molar refractivity (Wildman–Crippen MR) is 195 cm³/mol. The Labute approximate surface area is 299 Å². The number of benzene rings is 2. The van der Waals surface area contributed by atoms with Crippen LogP contribution in [-0.2, 0) is 27.4 Å². The zero-order chi connectivity index (χ0) is 36.6. The molecule has 1 N–H and O–H groups in total. The van der Waals surface area contributed by atoms with Gasteiger partial charge in [0.15, 0.2) is 5.82 Å². The lowest BCUT2D eigenvalue weighted by molar-refractivity contribution is 0.0429. The van der Waals surface area contributed by atoms with Crippen molar-refractivity contribution in [1.29, 1.82) is 0 Å². The highest BCUT2D eigenvalue weighted by Crippen LogP contribution is 2.30.